The van der Waals surface area contributed by atoms with Gasteiger partial charge in [0.2, 0.25) is 5.91 Å². The molecular formula is C22H23N3O4S. The number of unbranched alkanes of at least 4 members (excludes halogenated alkanes) is 1. The monoisotopic (exact) mass is 425 g/mol. The summed E-state index contributed by atoms with van der Waals surface area (Å²) >= 11 is 5.38. The molecule has 3 rings (SSSR count). The number of benzene rings is 2. The molecule has 0 bridgehead atoms. The maximum absolute atomic E-state index is 13.0. The summed E-state index contributed by atoms with van der Waals surface area (Å²) in [5.74, 6) is -0.521. The first kappa shape index (κ1) is 21.4. The van der Waals surface area contributed by atoms with Gasteiger partial charge in [-0.1, -0.05) is 25.5 Å². The number of carbonyl (C=O) groups is 2. The summed E-state index contributed by atoms with van der Waals surface area (Å²) in [5.41, 5.74) is 1.93. The molecule has 1 aromatic heterocycles. The first-order valence-corrected chi connectivity index (χ1v) is 10.1. The number of carbonyl (C=O) groups excluding carboxylic acids is 2. The summed E-state index contributed by atoms with van der Waals surface area (Å²) < 4.78 is 6.31. The first-order valence-electron chi connectivity index (χ1n) is 9.68. The second kappa shape index (κ2) is 9.49. The molecule has 0 unspecified atom stereocenters. The van der Waals surface area contributed by atoms with E-state index in [4.69, 9.17) is 17.0 Å². The van der Waals surface area contributed by atoms with Gasteiger partial charge < -0.3 is 15.0 Å². The molecular weight excluding hydrogens is 402 g/mol. The van der Waals surface area contributed by atoms with Gasteiger partial charge in [0.25, 0.3) is 5.56 Å². The van der Waals surface area contributed by atoms with E-state index in [0.29, 0.717) is 28.7 Å². The van der Waals surface area contributed by atoms with E-state index in [2.05, 4.69) is 17.2 Å². The third-order valence-corrected chi connectivity index (χ3v) is 5.02. The molecule has 0 saturated heterocycles. The zero-order valence-corrected chi connectivity index (χ0v) is 17.7. The molecule has 30 heavy (non-hydrogen) atoms. The highest BCUT2D eigenvalue weighted by Crippen LogP contribution is 2.15. The lowest BCUT2D eigenvalue weighted by Gasteiger charge is -2.10. The third-order valence-electron chi connectivity index (χ3n) is 4.73. The summed E-state index contributed by atoms with van der Waals surface area (Å²) in [5, 5.41) is 3.28. The summed E-state index contributed by atoms with van der Waals surface area (Å²) in [6.45, 7) is 2.75. The Balaban J connectivity index is 1.89. The van der Waals surface area contributed by atoms with Crippen LogP contribution in [0.2, 0.25) is 0 Å². The molecule has 8 heteroatoms. The van der Waals surface area contributed by atoms with Gasteiger partial charge in [-0.05, 0) is 54.5 Å². The molecule has 0 aliphatic rings. The number of nitrogens with zero attached hydrogens (tertiary/aromatic N) is 1. The third kappa shape index (κ3) is 4.65. The van der Waals surface area contributed by atoms with E-state index in [9.17, 15) is 14.4 Å². The topological polar surface area (TPSA) is 93.2 Å². The van der Waals surface area contributed by atoms with E-state index in [1.807, 2.05) is 0 Å². The summed E-state index contributed by atoms with van der Waals surface area (Å²) in [6, 6.07) is 11.8. The van der Waals surface area contributed by atoms with Gasteiger partial charge in [-0.15, -0.1) is 0 Å². The van der Waals surface area contributed by atoms with Crippen molar-refractivity contribution >= 4 is 35.0 Å². The molecule has 0 aliphatic carbocycles. The van der Waals surface area contributed by atoms with Crippen molar-refractivity contribution in [1.82, 2.24) is 14.9 Å². The average Bonchev–Trinajstić information content (AvgIpc) is 2.74. The number of amides is 1. The number of rotatable bonds is 7. The number of aromatic amines is 1. The Bertz CT molecular complexity index is 1200. The van der Waals surface area contributed by atoms with Crippen LogP contribution in [0.4, 0.5) is 0 Å². The molecule has 2 aromatic carbocycles. The van der Waals surface area contributed by atoms with Gasteiger partial charge in [-0.25, -0.2) is 4.79 Å². The molecule has 156 valence electrons. The number of hydrogen-bond donors (Lipinski definition) is 2. The predicted octanol–water partition coefficient (Wildman–Crippen LogP) is 3.29. The average molecular weight is 426 g/mol. The molecule has 0 saturated carbocycles. The first-order chi connectivity index (χ1) is 14.4. The Morgan fingerprint density at radius 3 is 2.57 bits per heavy atom. The molecule has 0 spiro atoms. The molecule has 1 heterocycles. The fraction of sp³-hybridized carbons (Fsp3) is 0.273. The van der Waals surface area contributed by atoms with E-state index in [1.165, 1.54) is 17.7 Å². The van der Waals surface area contributed by atoms with Crippen LogP contribution in [0, 0.1) is 4.77 Å². The largest absolute Gasteiger partial charge is 0.465 e. The molecule has 0 radical (unpaired) electrons. The normalized spacial score (nSPS) is 10.7. The lowest BCUT2D eigenvalue weighted by Crippen LogP contribution is -2.26. The van der Waals surface area contributed by atoms with Gasteiger partial charge in [0, 0.05) is 6.54 Å². The van der Waals surface area contributed by atoms with Crippen molar-refractivity contribution in [3.05, 3.63) is 68.7 Å². The van der Waals surface area contributed by atoms with Gasteiger partial charge in [-0.2, -0.15) is 0 Å². The summed E-state index contributed by atoms with van der Waals surface area (Å²) in [6.07, 6.45) is 2.26. The van der Waals surface area contributed by atoms with E-state index in [1.54, 1.807) is 36.4 Å². The smallest absolute Gasteiger partial charge is 0.337 e. The van der Waals surface area contributed by atoms with Gasteiger partial charge in [0.1, 0.15) is 0 Å². The molecule has 0 atom stereocenters. The fourth-order valence-corrected chi connectivity index (χ4v) is 3.41. The Kier molecular flexibility index (Phi) is 6.79. The van der Waals surface area contributed by atoms with Crippen LogP contribution in [0.25, 0.3) is 16.6 Å². The van der Waals surface area contributed by atoms with Crippen LogP contribution in [0.1, 0.15) is 35.7 Å². The highest BCUT2D eigenvalue weighted by molar-refractivity contribution is 7.71. The lowest BCUT2D eigenvalue weighted by molar-refractivity contribution is -0.120. The number of ether oxygens (including phenoxy) is 1. The van der Waals surface area contributed by atoms with Crippen LogP contribution in [0.3, 0.4) is 0 Å². The number of methoxy groups -OCH3 is 1. The molecule has 2 N–H and O–H groups in total. The minimum absolute atomic E-state index is 0.0298. The van der Waals surface area contributed by atoms with Crippen LogP contribution in [0.5, 0.6) is 0 Å². The molecule has 3 aromatic rings. The van der Waals surface area contributed by atoms with Crippen molar-refractivity contribution in [2.75, 3.05) is 13.7 Å². The van der Waals surface area contributed by atoms with Crippen molar-refractivity contribution in [2.24, 2.45) is 0 Å². The zero-order valence-electron chi connectivity index (χ0n) is 16.9. The van der Waals surface area contributed by atoms with E-state index in [0.717, 1.165) is 18.4 Å². The van der Waals surface area contributed by atoms with Crippen molar-refractivity contribution in [1.29, 1.82) is 0 Å². The highest BCUT2D eigenvalue weighted by Gasteiger charge is 2.12. The Labute approximate surface area is 178 Å². The second-order valence-electron chi connectivity index (χ2n) is 6.87. The minimum atomic E-state index is -0.491. The van der Waals surface area contributed by atoms with Crippen LogP contribution < -0.4 is 10.9 Å². The Hall–Kier alpha value is -3.26. The van der Waals surface area contributed by atoms with Crippen LogP contribution >= 0.6 is 12.2 Å². The number of fused-ring (bicyclic) bond motifs is 1. The van der Waals surface area contributed by atoms with Crippen molar-refractivity contribution in [3.63, 3.8) is 0 Å². The van der Waals surface area contributed by atoms with Gasteiger partial charge in [0.15, 0.2) is 4.77 Å². The number of aromatic nitrogens is 2. The Morgan fingerprint density at radius 2 is 1.90 bits per heavy atom. The highest BCUT2D eigenvalue weighted by atomic mass is 32.1. The SMILES string of the molecule is CCCCNC(=O)Cc1ccc(-n2c(=S)[nH]c3cc(C(=O)OC)ccc3c2=O)cc1. The number of esters is 1. The number of H-pyrrole nitrogens is 1. The standard InChI is InChI=1S/C22H23N3O4S/c1-3-4-11-23-19(26)12-14-5-8-16(9-6-14)25-20(27)17-10-7-15(21(28)29-2)13-18(17)24-22(25)30/h5-10,13H,3-4,11-12H2,1-2H3,(H,23,26)(H,24,30). The Morgan fingerprint density at radius 1 is 1.17 bits per heavy atom. The van der Waals surface area contributed by atoms with Crippen molar-refractivity contribution < 1.29 is 14.3 Å². The van der Waals surface area contributed by atoms with Crippen molar-refractivity contribution in [2.45, 2.75) is 26.2 Å². The molecule has 1 amide bonds. The maximum atomic E-state index is 13.0. The number of hydrogen-bond acceptors (Lipinski definition) is 5. The maximum Gasteiger partial charge on any atom is 0.337 e. The van der Waals surface area contributed by atoms with Crippen LogP contribution in [0.15, 0.2) is 47.3 Å². The van der Waals surface area contributed by atoms with E-state index < -0.39 is 5.97 Å². The van der Waals surface area contributed by atoms with E-state index in [-0.39, 0.29) is 22.7 Å². The van der Waals surface area contributed by atoms with E-state index >= 15 is 0 Å². The quantitative estimate of drug-likeness (QED) is 0.344. The zero-order chi connectivity index (χ0) is 21.7. The van der Waals surface area contributed by atoms with Gasteiger partial charge in [0.05, 0.1) is 35.7 Å². The van der Waals surface area contributed by atoms with Crippen molar-refractivity contribution in [3.8, 4) is 5.69 Å². The molecule has 7 nitrogen and oxygen atoms in total. The number of nitrogens with one attached hydrogen (secondary N) is 2. The van der Waals surface area contributed by atoms with Gasteiger partial charge in [-0.3, -0.25) is 14.2 Å². The van der Waals surface area contributed by atoms with Gasteiger partial charge >= 0.3 is 5.97 Å². The second-order valence-corrected chi connectivity index (χ2v) is 7.26. The summed E-state index contributed by atoms with van der Waals surface area (Å²) in [7, 11) is 1.30. The van der Waals surface area contributed by atoms with Crippen LogP contribution in [-0.4, -0.2) is 35.1 Å². The fourth-order valence-electron chi connectivity index (χ4n) is 3.11. The molecule has 0 fully saturated rings. The molecule has 0 aliphatic heterocycles. The lowest BCUT2D eigenvalue weighted by atomic mass is 10.1. The summed E-state index contributed by atoms with van der Waals surface area (Å²) in [4.78, 5) is 39.7. The predicted molar refractivity (Wildman–Crippen MR) is 118 cm³/mol. The minimum Gasteiger partial charge on any atom is -0.465 e. The van der Waals surface area contributed by atoms with Crippen LogP contribution in [-0.2, 0) is 16.0 Å².